The van der Waals surface area contributed by atoms with E-state index in [1.54, 1.807) is 24.3 Å². The lowest BCUT2D eigenvalue weighted by Crippen LogP contribution is -2.16. The fourth-order valence-electron chi connectivity index (χ4n) is 5.50. The second-order valence-corrected chi connectivity index (χ2v) is 9.76. The molecule has 3 aromatic carbocycles. The number of hydrogen-bond donors (Lipinski definition) is 0. The largest absolute Gasteiger partial charge is 0.419 e. The van der Waals surface area contributed by atoms with Crippen molar-refractivity contribution in [1.82, 2.24) is 0 Å². The van der Waals surface area contributed by atoms with Crippen molar-refractivity contribution in [1.29, 1.82) is 0 Å². The molecule has 0 bridgehead atoms. The van der Waals surface area contributed by atoms with Crippen LogP contribution in [0.4, 0.5) is 0 Å². The first-order chi connectivity index (χ1) is 17.2. The van der Waals surface area contributed by atoms with Gasteiger partial charge in [-0.05, 0) is 73.4 Å². The molecule has 0 aromatic heterocycles. The molecule has 0 unspecified atom stereocenters. The molecule has 5 rings (SSSR count). The van der Waals surface area contributed by atoms with Gasteiger partial charge in [0.05, 0.1) is 11.1 Å². The Bertz CT molecular complexity index is 1160. The molecule has 0 N–H and O–H groups in total. The molecule has 0 atom stereocenters. The van der Waals surface area contributed by atoms with Crippen LogP contribution in [0, 0.1) is 0 Å². The standard InChI is InChI=1S/C31H32O4/c32-30(24-16-6-2-7-17-24)34-28-21-26(22-12-10-11-13-22)20-27(23-14-4-1-5-15-23)29(28)35-31(33)25-18-8-3-9-19-25/h2-3,6-9,16-23H,1,4-5,10-15H2. The van der Waals surface area contributed by atoms with Gasteiger partial charge in [0.15, 0.2) is 11.5 Å². The topological polar surface area (TPSA) is 52.6 Å². The SMILES string of the molecule is O=C(Oc1cc(C2CCCC2)cc(C2CCCCC2)c1OC(=O)c1ccccc1)c1ccccc1. The van der Waals surface area contributed by atoms with Gasteiger partial charge in [-0.3, -0.25) is 0 Å². The monoisotopic (exact) mass is 468 g/mol. The van der Waals surface area contributed by atoms with Crippen LogP contribution >= 0.6 is 0 Å². The zero-order valence-electron chi connectivity index (χ0n) is 20.1. The van der Waals surface area contributed by atoms with Gasteiger partial charge in [0.25, 0.3) is 0 Å². The molecular formula is C31H32O4. The van der Waals surface area contributed by atoms with E-state index in [4.69, 9.17) is 9.47 Å². The van der Waals surface area contributed by atoms with E-state index in [9.17, 15) is 9.59 Å². The van der Waals surface area contributed by atoms with Crippen molar-refractivity contribution in [3.8, 4) is 11.5 Å². The lowest BCUT2D eigenvalue weighted by Gasteiger charge is -2.26. The first kappa shape index (κ1) is 23.3. The summed E-state index contributed by atoms with van der Waals surface area (Å²) in [6.07, 6.45) is 10.4. The van der Waals surface area contributed by atoms with Gasteiger partial charge in [-0.2, -0.15) is 0 Å². The maximum Gasteiger partial charge on any atom is 0.343 e. The summed E-state index contributed by atoms with van der Waals surface area (Å²) in [6, 6.07) is 22.1. The Labute approximate surface area is 207 Å². The van der Waals surface area contributed by atoms with E-state index in [2.05, 4.69) is 6.07 Å². The number of carbonyl (C=O) groups excluding carboxylic acids is 2. The lowest BCUT2D eigenvalue weighted by molar-refractivity contribution is 0.0680. The fraction of sp³-hybridized carbons (Fsp3) is 0.355. The summed E-state index contributed by atoms with van der Waals surface area (Å²) in [5.41, 5.74) is 3.15. The van der Waals surface area contributed by atoms with Gasteiger partial charge >= 0.3 is 11.9 Å². The van der Waals surface area contributed by atoms with Gasteiger partial charge in [-0.1, -0.05) is 74.6 Å². The predicted octanol–water partition coefficient (Wildman–Crippen LogP) is 7.83. The summed E-state index contributed by atoms with van der Waals surface area (Å²) >= 11 is 0. The Morgan fingerprint density at radius 2 is 1.11 bits per heavy atom. The van der Waals surface area contributed by atoms with Crippen LogP contribution in [0.25, 0.3) is 0 Å². The number of ether oxygens (including phenoxy) is 2. The smallest absolute Gasteiger partial charge is 0.343 e. The lowest BCUT2D eigenvalue weighted by atomic mass is 9.81. The average Bonchev–Trinajstić information content (AvgIpc) is 3.46. The summed E-state index contributed by atoms with van der Waals surface area (Å²) in [5.74, 6) is 0.613. The highest BCUT2D eigenvalue weighted by molar-refractivity contribution is 5.93. The second kappa shape index (κ2) is 10.9. The van der Waals surface area contributed by atoms with Gasteiger partial charge in [-0.25, -0.2) is 9.59 Å². The molecule has 2 aliphatic rings. The maximum absolute atomic E-state index is 13.1. The van der Waals surface area contributed by atoms with E-state index in [1.807, 2.05) is 42.5 Å². The molecule has 4 nitrogen and oxygen atoms in total. The van der Waals surface area contributed by atoms with Crippen LogP contribution in [0.2, 0.25) is 0 Å². The summed E-state index contributed by atoms with van der Waals surface area (Å²) in [5, 5.41) is 0. The third-order valence-electron chi connectivity index (χ3n) is 7.39. The van der Waals surface area contributed by atoms with Gasteiger partial charge in [0.2, 0.25) is 0 Å². The number of esters is 2. The highest BCUT2D eigenvalue weighted by Crippen LogP contribution is 2.46. The third-order valence-corrected chi connectivity index (χ3v) is 7.39. The molecule has 3 aromatic rings. The molecule has 2 aliphatic carbocycles. The van der Waals surface area contributed by atoms with Crippen LogP contribution < -0.4 is 9.47 Å². The van der Waals surface area contributed by atoms with E-state index in [0.717, 1.165) is 44.1 Å². The summed E-state index contributed by atoms with van der Waals surface area (Å²) in [7, 11) is 0. The first-order valence-electron chi connectivity index (χ1n) is 12.9. The van der Waals surface area contributed by atoms with E-state index in [1.165, 1.54) is 24.8 Å². The van der Waals surface area contributed by atoms with Gasteiger partial charge in [0.1, 0.15) is 0 Å². The molecule has 0 heterocycles. The van der Waals surface area contributed by atoms with Gasteiger partial charge in [-0.15, -0.1) is 0 Å². The summed E-state index contributed by atoms with van der Waals surface area (Å²) in [6.45, 7) is 0. The van der Waals surface area contributed by atoms with Gasteiger partial charge < -0.3 is 9.47 Å². The second-order valence-electron chi connectivity index (χ2n) is 9.76. The van der Waals surface area contributed by atoms with E-state index >= 15 is 0 Å². The highest BCUT2D eigenvalue weighted by atomic mass is 16.6. The van der Waals surface area contributed by atoms with Crippen molar-refractivity contribution in [2.24, 2.45) is 0 Å². The van der Waals surface area contributed by atoms with Crippen molar-refractivity contribution in [3.05, 3.63) is 95.1 Å². The number of benzene rings is 3. The minimum absolute atomic E-state index is 0.290. The zero-order valence-corrected chi connectivity index (χ0v) is 20.1. The fourth-order valence-corrected chi connectivity index (χ4v) is 5.50. The van der Waals surface area contributed by atoms with E-state index in [0.29, 0.717) is 28.5 Å². The number of hydrogen-bond acceptors (Lipinski definition) is 4. The molecular weight excluding hydrogens is 436 g/mol. The molecule has 0 aliphatic heterocycles. The van der Waals surface area contributed by atoms with Crippen LogP contribution in [0.3, 0.4) is 0 Å². The normalized spacial score (nSPS) is 16.7. The van der Waals surface area contributed by atoms with E-state index < -0.39 is 11.9 Å². The minimum Gasteiger partial charge on any atom is -0.419 e. The van der Waals surface area contributed by atoms with Crippen LogP contribution in [0.15, 0.2) is 72.8 Å². The van der Waals surface area contributed by atoms with Crippen molar-refractivity contribution in [3.63, 3.8) is 0 Å². The number of carbonyl (C=O) groups is 2. The van der Waals surface area contributed by atoms with Crippen LogP contribution in [0.1, 0.15) is 101 Å². The Morgan fingerprint density at radius 3 is 1.71 bits per heavy atom. The predicted molar refractivity (Wildman–Crippen MR) is 136 cm³/mol. The van der Waals surface area contributed by atoms with Crippen LogP contribution in [-0.4, -0.2) is 11.9 Å². The van der Waals surface area contributed by atoms with Crippen molar-refractivity contribution in [2.45, 2.75) is 69.6 Å². The zero-order chi connectivity index (χ0) is 24.0. The summed E-state index contributed by atoms with van der Waals surface area (Å²) in [4.78, 5) is 26.2. The van der Waals surface area contributed by atoms with Crippen LogP contribution in [0.5, 0.6) is 11.5 Å². The molecule has 0 saturated heterocycles. The van der Waals surface area contributed by atoms with Gasteiger partial charge in [0, 0.05) is 5.56 Å². The Hall–Kier alpha value is -3.40. The minimum atomic E-state index is -0.444. The van der Waals surface area contributed by atoms with Crippen molar-refractivity contribution < 1.29 is 19.1 Å². The molecule has 2 saturated carbocycles. The molecule has 0 spiro atoms. The Balaban J connectivity index is 1.58. The van der Waals surface area contributed by atoms with Crippen molar-refractivity contribution >= 4 is 11.9 Å². The Kier molecular flexibility index (Phi) is 7.27. The molecule has 180 valence electrons. The van der Waals surface area contributed by atoms with Crippen LogP contribution in [-0.2, 0) is 0 Å². The Morgan fingerprint density at radius 1 is 0.600 bits per heavy atom. The van der Waals surface area contributed by atoms with Crippen molar-refractivity contribution in [2.75, 3.05) is 0 Å². The molecule has 0 radical (unpaired) electrons. The maximum atomic E-state index is 13.1. The average molecular weight is 469 g/mol. The highest BCUT2D eigenvalue weighted by Gasteiger charge is 2.29. The molecule has 0 amide bonds. The molecule has 2 fully saturated rings. The first-order valence-corrected chi connectivity index (χ1v) is 12.9. The number of rotatable bonds is 6. The van der Waals surface area contributed by atoms with E-state index in [-0.39, 0.29) is 5.92 Å². The third kappa shape index (κ3) is 5.48. The molecule has 35 heavy (non-hydrogen) atoms. The quantitative estimate of drug-likeness (QED) is 0.273. The summed E-state index contributed by atoms with van der Waals surface area (Å²) < 4.78 is 12.0. The molecule has 4 heteroatoms.